The van der Waals surface area contributed by atoms with Crippen molar-refractivity contribution in [2.24, 2.45) is 10.9 Å². The van der Waals surface area contributed by atoms with Gasteiger partial charge in [-0.2, -0.15) is 4.99 Å². The van der Waals surface area contributed by atoms with Crippen LogP contribution in [0, 0.1) is 29.4 Å². The van der Waals surface area contributed by atoms with Crippen LogP contribution in [0.2, 0.25) is 0 Å². The molecule has 0 unspecified atom stereocenters. The Morgan fingerprint density at radius 1 is 1.04 bits per heavy atom. The molecular weight excluding hydrogens is 312 g/mol. The lowest BCUT2D eigenvalue weighted by Crippen LogP contribution is -1.90. The van der Waals surface area contributed by atoms with E-state index in [0.717, 1.165) is 30.0 Å². The van der Waals surface area contributed by atoms with Crippen molar-refractivity contribution in [3.63, 3.8) is 0 Å². The molecule has 4 heteroatoms. The summed E-state index contributed by atoms with van der Waals surface area (Å²) in [6.07, 6.45) is 3.71. The van der Waals surface area contributed by atoms with Crippen molar-refractivity contribution >= 4 is 23.1 Å². The van der Waals surface area contributed by atoms with E-state index in [9.17, 15) is 8.78 Å². The van der Waals surface area contributed by atoms with Gasteiger partial charge in [0.2, 0.25) is 0 Å². The van der Waals surface area contributed by atoms with E-state index in [0.29, 0.717) is 0 Å². The fourth-order valence-corrected chi connectivity index (χ4v) is 2.42. The summed E-state index contributed by atoms with van der Waals surface area (Å²) in [6.45, 7) is 0. The molecular formula is C19H13F2NS. The molecule has 0 amide bonds. The fraction of sp³-hybridized carbons (Fsp3) is 0.211. The molecule has 0 aliphatic heterocycles. The minimum atomic E-state index is -0.758. The van der Waals surface area contributed by atoms with Crippen molar-refractivity contribution in [3.05, 3.63) is 64.7 Å². The van der Waals surface area contributed by atoms with Crippen molar-refractivity contribution in [2.75, 3.05) is 0 Å². The number of benzene rings is 2. The first-order chi connectivity index (χ1) is 11.2. The zero-order valence-electron chi connectivity index (χ0n) is 12.3. The van der Waals surface area contributed by atoms with Gasteiger partial charge in [0.25, 0.3) is 0 Å². The molecule has 0 N–H and O–H groups in total. The van der Waals surface area contributed by atoms with Crippen LogP contribution in [0.15, 0.2) is 41.4 Å². The summed E-state index contributed by atoms with van der Waals surface area (Å²) in [4.78, 5) is 3.56. The van der Waals surface area contributed by atoms with Crippen LogP contribution < -0.4 is 0 Å². The molecule has 0 aromatic heterocycles. The number of hydrogen-bond acceptors (Lipinski definition) is 2. The highest BCUT2D eigenvalue weighted by atomic mass is 32.1. The summed E-state index contributed by atoms with van der Waals surface area (Å²) in [7, 11) is 0. The first-order valence-corrected chi connectivity index (χ1v) is 7.74. The maximum absolute atomic E-state index is 13.9. The third-order valence-electron chi connectivity index (χ3n) is 3.71. The largest absolute Gasteiger partial charge is 0.205 e. The molecule has 1 saturated carbocycles. The number of nitrogens with zero attached hydrogens (tertiary/aromatic N) is 1. The predicted molar refractivity (Wildman–Crippen MR) is 89.9 cm³/mol. The summed E-state index contributed by atoms with van der Waals surface area (Å²) in [5.41, 5.74) is 1.82. The first-order valence-electron chi connectivity index (χ1n) is 7.33. The van der Waals surface area contributed by atoms with Crippen LogP contribution in [0.4, 0.5) is 14.5 Å². The Hall–Kier alpha value is -2.34. The van der Waals surface area contributed by atoms with Gasteiger partial charge >= 0.3 is 0 Å². The van der Waals surface area contributed by atoms with Gasteiger partial charge in [0, 0.05) is 17.7 Å². The first kappa shape index (κ1) is 15.6. The van der Waals surface area contributed by atoms with Crippen LogP contribution in [0.1, 0.15) is 29.5 Å². The van der Waals surface area contributed by atoms with Crippen molar-refractivity contribution in [1.29, 1.82) is 0 Å². The standard InChI is InChI=1S/C19H13F2NS/c20-18-10-16(22-12-23)11-19(21)17(18)8-7-13-1-3-14(4-2-13)9-15-5-6-15/h1-4,10-11,15H,5-6,9H2. The molecule has 3 rings (SSSR count). The molecule has 0 radical (unpaired) electrons. The maximum Gasteiger partial charge on any atom is 0.143 e. The number of isothiocyanates is 1. The summed E-state index contributed by atoms with van der Waals surface area (Å²) in [5.74, 6) is 4.65. The Morgan fingerprint density at radius 2 is 1.70 bits per heavy atom. The van der Waals surface area contributed by atoms with Gasteiger partial charge in [-0.1, -0.05) is 24.0 Å². The average molecular weight is 325 g/mol. The van der Waals surface area contributed by atoms with E-state index in [4.69, 9.17) is 0 Å². The lowest BCUT2D eigenvalue weighted by molar-refractivity contribution is 0.578. The number of rotatable bonds is 3. The molecule has 0 atom stereocenters. The second kappa shape index (κ2) is 6.83. The zero-order valence-corrected chi connectivity index (χ0v) is 13.1. The molecule has 1 aliphatic rings. The van der Waals surface area contributed by atoms with Gasteiger partial charge in [0.1, 0.15) is 11.6 Å². The van der Waals surface area contributed by atoms with Gasteiger partial charge in [0.15, 0.2) is 0 Å². The molecule has 1 fully saturated rings. The minimum Gasteiger partial charge on any atom is -0.205 e. The molecule has 1 aliphatic carbocycles. The Labute approximate surface area is 139 Å². The van der Waals surface area contributed by atoms with E-state index >= 15 is 0 Å². The van der Waals surface area contributed by atoms with Crippen molar-refractivity contribution in [1.82, 2.24) is 0 Å². The summed E-state index contributed by atoms with van der Waals surface area (Å²) in [6, 6.07) is 9.98. The number of hydrogen-bond donors (Lipinski definition) is 0. The highest BCUT2D eigenvalue weighted by Crippen LogP contribution is 2.32. The molecule has 0 heterocycles. The maximum atomic E-state index is 13.9. The van der Waals surface area contributed by atoms with E-state index in [1.807, 2.05) is 24.3 Å². The van der Waals surface area contributed by atoms with Crippen LogP contribution in [-0.4, -0.2) is 5.16 Å². The molecule has 0 bridgehead atoms. The quantitative estimate of drug-likeness (QED) is 0.437. The molecule has 114 valence electrons. The van der Waals surface area contributed by atoms with Gasteiger partial charge in [0.05, 0.1) is 16.4 Å². The van der Waals surface area contributed by atoms with Crippen LogP contribution in [0.5, 0.6) is 0 Å². The monoisotopic (exact) mass is 325 g/mol. The molecule has 2 aromatic rings. The summed E-state index contributed by atoms with van der Waals surface area (Å²) in [5, 5.41) is 2.08. The lowest BCUT2D eigenvalue weighted by atomic mass is 10.1. The van der Waals surface area contributed by atoms with Crippen LogP contribution >= 0.6 is 12.2 Å². The summed E-state index contributed by atoms with van der Waals surface area (Å²) >= 11 is 4.42. The number of thiocarbonyl (C=S) groups is 1. The van der Waals surface area contributed by atoms with E-state index in [1.54, 1.807) is 0 Å². The Kier molecular flexibility index (Phi) is 4.62. The zero-order chi connectivity index (χ0) is 16.2. The second-order valence-electron chi connectivity index (χ2n) is 5.58. The van der Waals surface area contributed by atoms with Gasteiger partial charge < -0.3 is 0 Å². The lowest BCUT2D eigenvalue weighted by Gasteiger charge is -2.00. The van der Waals surface area contributed by atoms with Gasteiger partial charge in [-0.25, -0.2) is 8.78 Å². The third-order valence-corrected chi connectivity index (χ3v) is 3.80. The molecule has 2 aromatic carbocycles. The highest BCUT2D eigenvalue weighted by molar-refractivity contribution is 7.78. The van der Waals surface area contributed by atoms with Crippen LogP contribution in [0.3, 0.4) is 0 Å². The smallest absolute Gasteiger partial charge is 0.143 e. The third kappa shape index (κ3) is 4.10. The van der Waals surface area contributed by atoms with Gasteiger partial charge in [-0.05, 0) is 55.1 Å². The normalized spacial score (nSPS) is 13.0. The van der Waals surface area contributed by atoms with E-state index in [1.165, 1.54) is 18.4 Å². The minimum absolute atomic E-state index is 0.0879. The van der Waals surface area contributed by atoms with E-state index in [2.05, 4.69) is 34.2 Å². The number of aliphatic imine (C=N–C) groups is 1. The average Bonchev–Trinajstić information content (AvgIpc) is 3.32. The topological polar surface area (TPSA) is 12.4 Å². The Morgan fingerprint density at radius 3 is 2.26 bits per heavy atom. The Balaban J connectivity index is 1.81. The highest BCUT2D eigenvalue weighted by Gasteiger charge is 2.21. The van der Waals surface area contributed by atoms with Gasteiger partial charge in [-0.15, -0.1) is 0 Å². The Bertz CT molecular complexity index is 813. The SMILES string of the molecule is Fc1cc(N=C=S)cc(F)c1C#Cc1ccc(CC2CC2)cc1. The molecule has 23 heavy (non-hydrogen) atoms. The fourth-order valence-electron chi connectivity index (χ4n) is 2.31. The number of halogens is 2. The molecule has 0 saturated heterocycles. The van der Waals surface area contributed by atoms with E-state index in [-0.39, 0.29) is 11.3 Å². The van der Waals surface area contributed by atoms with Crippen LogP contribution in [0.25, 0.3) is 0 Å². The summed E-state index contributed by atoms with van der Waals surface area (Å²) < 4.78 is 27.8. The van der Waals surface area contributed by atoms with Crippen molar-refractivity contribution < 1.29 is 8.78 Å². The van der Waals surface area contributed by atoms with Crippen LogP contribution in [-0.2, 0) is 6.42 Å². The van der Waals surface area contributed by atoms with Gasteiger partial charge in [-0.3, -0.25) is 0 Å². The van der Waals surface area contributed by atoms with E-state index < -0.39 is 11.6 Å². The van der Waals surface area contributed by atoms with Crippen molar-refractivity contribution in [3.8, 4) is 11.8 Å². The van der Waals surface area contributed by atoms with Crippen molar-refractivity contribution in [2.45, 2.75) is 19.3 Å². The predicted octanol–water partition coefficient (Wildman–Crippen LogP) is 5.05. The molecule has 1 nitrogen and oxygen atoms in total. The second-order valence-corrected chi connectivity index (χ2v) is 5.76. The molecule has 0 spiro atoms.